The Morgan fingerprint density at radius 3 is 2.56 bits per heavy atom. The summed E-state index contributed by atoms with van der Waals surface area (Å²) in [6, 6.07) is 0. The molecule has 0 aromatic rings. The van der Waals surface area contributed by atoms with E-state index < -0.39 is 0 Å². The molecule has 16 heavy (non-hydrogen) atoms. The van der Waals surface area contributed by atoms with Crippen LogP contribution in [0.3, 0.4) is 0 Å². The Kier molecular flexibility index (Phi) is 3.06. The third kappa shape index (κ3) is 1.45. The molecule has 0 N–H and O–H groups in total. The molecular weight excluding hydrogens is 204 g/mol. The fraction of sp³-hybridized carbons (Fsp3) is 1.00. The zero-order chi connectivity index (χ0) is 12.0. The van der Waals surface area contributed by atoms with Gasteiger partial charge in [0.05, 0.1) is 29.8 Å². The Labute approximate surface area is 98.4 Å². The van der Waals surface area contributed by atoms with Gasteiger partial charge in [-0.2, -0.15) is 0 Å². The molecule has 1 aliphatic heterocycles. The summed E-state index contributed by atoms with van der Waals surface area (Å²) in [4.78, 5) is 0. The lowest BCUT2D eigenvalue weighted by molar-refractivity contribution is -0.155. The van der Waals surface area contributed by atoms with Gasteiger partial charge in [0.15, 0.2) is 0 Å². The molecule has 0 spiro atoms. The van der Waals surface area contributed by atoms with E-state index in [1.54, 1.807) is 14.2 Å². The van der Waals surface area contributed by atoms with E-state index in [4.69, 9.17) is 14.2 Å². The first-order valence-electron chi connectivity index (χ1n) is 6.18. The maximum atomic E-state index is 5.98. The second-order valence-corrected chi connectivity index (χ2v) is 5.82. The van der Waals surface area contributed by atoms with Crippen LogP contribution in [0.2, 0.25) is 0 Å². The van der Waals surface area contributed by atoms with E-state index in [-0.39, 0.29) is 23.2 Å². The highest BCUT2D eigenvalue weighted by Gasteiger charge is 2.61. The summed E-state index contributed by atoms with van der Waals surface area (Å²) in [7, 11) is 3.58. The van der Waals surface area contributed by atoms with Gasteiger partial charge in [-0.1, -0.05) is 6.92 Å². The molecule has 2 bridgehead atoms. The van der Waals surface area contributed by atoms with Crippen LogP contribution in [0.25, 0.3) is 0 Å². The van der Waals surface area contributed by atoms with Crippen molar-refractivity contribution in [1.82, 2.24) is 0 Å². The van der Waals surface area contributed by atoms with Crippen molar-refractivity contribution >= 4 is 0 Å². The predicted octanol–water partition coefficient (Wildman–Crippen LogP) is 2.24. The summed E-state index contributed by atoms with van der Waals surface area (Å²) in [6.45, 7) is 7.33. The van der Waals surface area contributed by atoms with Crippen LogP contribution in [-0.4, -0.2) is 38.6 Å². The van der Waals surface area contributed by atoms with Crippen LogP contribution in [0.15, 0.2) is 0 Å². The number of rotatable bonds is 3. The molecule has 0 aromatic heterocycles. The van der Waals surface area contributed by atoms with Crippen LogP contribution >= 0.6 is 0 Å². The largest absolute Gasteiger partial charge is 0.378 e. The van der Waals surface area contributed by atoms with Crippen LogP contribution in [-0.2, 0) is 14.2 Å². The van der Waals surface area contributed by atoms with Crippen LogP contribution in [0.4, 0.5) is 0 Å². The monoisotopic (exact) mass is 228 g/mol. The lowest BCUT2D eigenvalue weighted by Gasteiger charge is -2.49. The van der Waals surface area contributed by atoms with Crippen molar-refractivity contribution in [1.29, 1.82) is 0 Å². The summed E-state index contributed by atoms with van der Waals surface area (Å²) in [5.74, 6) is 0.591. The molecule has 2 rings (SSSR count). The first kappa shape index (κ1) is 12.3. The van der Waals surface area contributed by atoms with Gasteiger partial charge in [-0.3, -0.25) is 0 Å². The lowest BCUT2D eigenvalue weighted by Crippen LogP contribution is -2.57. The minimum absolute atomic E-state index is 0.0215. The highest BCUT2D eigenvalue weighted by molar-refractivity contribution is 5.10. The lowest BCUT2D eigenvalue weighted by atomic mass is 9.62. The topological polar surface area (TPSA) is 27.7 Å². The minimum atomic E-state index is -0.192. The Morgan fingerprint density at radius 2 is 2.00 bits per heavy atom. The maximum absolute atomic E-state index is 5.98. The maximum Gasteiger partial charge on any atom is 0.0941 e. The van der Waals surface area contributed by atoms with Gasteiger partial charge in [0.25, 0.3) is 0 Å². The standard InChI is InChI=1S/C13H24O3/c1-9-6-7-13(12(2,3)15-5)8-16-10(9)11(13)14-4/h9-11H,6-8H2,1-5H3/t9-,10+,11+,13+/m1/s1. The van der Waals surface area contributed by atoms with Crippen LogP contribution in [0.1, 0.15) is 33.6 Å². The van der Waals surface area contributed by atoms with Crippen molar-refractivity contribution in [2.24, 2.45) is 11.3 Å². The Morgan fingerprint density at radius 1 is 1.31 bits per heavy atom. The number of hydrogen-bond acceptors (Lipinski definition) is 3. The zero-order valence-corrected chi connectivity index (χ0v) is 11.1. The van der Waals surface area contributed by atoms with E-state index in [1.807, 2.05) is 0 Å². The van der Waals surface area contributed by atoms with Gasteiger partial charge >= 0.3 is 0 Å². The highest BCUT2D eigenvalue weighted by atomic mass is 16.6. The number of fused-ring (bicyclic) bond motifs is 2. The first-order valence-corrected chi connectivity index (χ1v) is 6.18. The fourth-order valence-electron chi connectivity index (χ4n) is 3.44. The smallest absolute Gasteiger partial charge is 0.0941 e. The van der Waals surface area contributed by atoms with E-state index in [0.29, 0.717) is 5.92 Å². The summed E-state index contributed by atoms with van der Waals surface area (Å²) in [5.41, 5.74) is -0.170. The molecule has 0 radical (unpaired) electrons. The Hall–Kier alpha value is -0.120. The molecule has 1 saturated heterocycles. The molecule has 3 heteroatoms. The molecule has 2 fully saturated rings. The molecule has 4 atom stereocenters. The molecular formula is C13H24O3. The molecule has 1 saturated carbocycles. The molecule has 3 nitrogen and oxygen atoms in total. The summed E-state index contributed by atoms with van der Waals surface area (Å²) >= 11 is 0. The predicted molar refractivity (Wildman–Crippen MR) is 62.5 cm³/mol. The number of ether oxygens (including phenoxy) is 3. The van der Waals surface area contributed by atoms with Gasteiger partial charge in [0, 0.05) is 14.2 Å². The van der Waals surface area contributed by atoms with Crippen molar-refractivity contribution in [2.45, 2.75) is 51.4 Å². The van der Waals surface area contributed by atoms with Gasteiger partial charge in [0.1, 0.15) is 0 Å². The van der Waals surface area contributed by atoms with Gasteiger partial charge in [0.2, 0.25) is 0 Å². The van der Waals surface area contributed by atoms with Crippen LogP contribution in [0, 0.1) is 11.3 Å². The van der Waals surface area contributed by atoms with Crippen LogP contribution < -0.4 is 0 Å². The normalized spacial score (nSPS) is 43.7. The molecule has 1 aliphatic carbocycles. The quantitative estimate of drug-likeness (QED) is 0.741. The second-order valence-electron chi connectivity index (χ2n) is 5.82. The average Bonchev–Trinajstić information content (AvgIpc) is 2.57. The van der Waals surface area contributed by atoms with Crippen LogP contribution in [0.5, 0.6) is 0 Å². The number of hydrogen-bond donors (Lipinski definition) is 0. The summed E-state index contributed by atoms with van der Waals surface area (Å²) in [5, 5.41) is 0. The van der Waals surface area contributed by atoms with E-state index in [1.165, 1.54) is 6.42 Å². The average molecular weight is 228 g/mol. The molecule has 0 amide bonds. The number of methoxy groups -OCH3 is 2. The molecule has 1 heterocycles. The minimum Gasteiger partial charge on any atom is -0.378 e. The highest BCUT2D eigenvalue weighted by Crippen LogP contribution is 2.54. The van der Waals surface area contributed by atoms with Crippen molar-refractivity contribution in [2.75, 3.05) is 20.8 Å². The van der Waals surface area contributed by atoms with Crippen molar-refractivity contribution in [3.05, 3.63) is 0 Å². The second kappa shape index (κ2) is 3.97. The van der Waals surface area contributed by atoms with Gasteiger partial charge in [-0.15, -0.1) is 0 Å². The van der Waals surface area contributed by atoms with Gasteiger partial charge < -0.3 is 14.2 Å². The van der Waals surface area contributed by atoms with E-state index in [2.05, 4.69) is 20.8 Å². The Balaban J connectivity index is 2.33. The van der Waals surface area contributed by atoms with E-state index in [0.717, 1.165) is 13.0 Å². The van der Waals surface area contributed by atoms with Gasteiger partial charge in [-0.25, -0.2) is 0 Å². The van der Waals surface area contributed by atoms with E-state index in [9.17, 15) is 0 Å². The third-order valence-electron chi connectivity index (χ3n) is 4.95. The molecule has 2 aliphatic rings. The van der Waals surface area contributed by atoms with Crippen molar-refractivity contribution < 1.29 is 14.2 Å². The zero-order valence-electron chi connectivity index (χ0n) is 11.1. The first-order chi connectivity index (χ1) is 7.48. The molecule has 0 unspecified atom stereocenters. The van der Waals surface area contributed by atoms with E-state index >= 15 is 0 Å². The van der Waals surface area contributed by atoms with Crippen molar-refractivity contribution in [3.8, 4) is 0 Å². The third-order valence-corrected chi connectivity index (χ3v) is 4.95. The Bertz CT molecular complexity index is 264. The SMILES string of the molecule is CO[C@H]1[C@H]2OC[C@@]1(C(C)(C)OC)CC[C@H]2C. The summed E-state index contributed by atoms with van der Waals surface area (Å²) < 4.78 is 17.4. The molecule has 0 aromatic carbocycles. The summed E-state index contributed by atoms with van der Waals surface area (Å²) in [6.07, 6.45) is 2.75. The fourth-order valence-corrected chi connectivity index (χ4v) is 3.44. The van der Waals surface area contributed by atoms with Crippen molar-refractivity contribution in [3.63, 3.8) is 0 Å². The van der Waals surface area contributed by atoms with Gasteiger partial charge in [-0.05, 0) is 32.6 Å². The molecule has 94 valence electrons.